The molecule has 58 heavy (non-hydrogen) atoms. The van der Waals surface area contributed by atoms with Crippen molar-refractivity contribution in [3.63, 3.8) is 0 Å². The van der Waals surface area contributed by atoms with Crippen LogP contribution in [0.4, 0.5) is 0 Å². The summed E-state index contributed by atoms with van der Waals surface area (Å²) in [7, 11) is 0. The Balaban J connectivity index is 0.913. The second-order valence-corrected chi connectivity index (χ2v) is 16.4. The highest BCUT2D eigenvalue weighted by molar-refractivity contribution is 7.25. The van der Waals surface area contributed by atoms with Crippen LogP contribution in [0, 0.1) is 0 Å². The van der Waals surface area contributed by atoms with E-state index in [1.54, 1.807) is 0 Å². The number of benzene rings is 9. The lowest BCUT2D eigenvalue weighted by Gasteiger charge is -2.10. The first-order chi connectivity index (χ1) is 28.7. The van der Waals surface area contributed by atoms with Crippen LogP contribution in [0.15, 0.2) is 199 Å². The molecule has 13 aromatic rings. The Hall–Kier alpha value is -7.40. The Morgan fingerprint density at radius 3 is 1.31 bits per heavy atom. The largest absolute Gasteiger partial charge is 0.456 e. The normalized spacial score (nSPS) is 12.1. The van der Waals surface area contributed by atoms with Crippen LogP contribution < -0.4 is 0 Å². The van der Waals surface area contributed by atoms with Crippen molar-refractivity contribution in [2.75, 3.05) is 0 Å². The highest BCUT2D eigenvalue weighted by Crippen LogP contribution is 2.41. The van der Waals surface area contributed by atoms with Gasteiger partial charge >= 0.3 is 0 Å². The molecule has 0 aliphatic carbocycles. The molecular formula is C54H32N2OS. The highest BCUT2D eigenvalue weighted by Gasteiger charge is 2.17. The van der Waals surface area contributed by atoms with E-state index in [1.165, 1.54) is 97.4 Å². The predicted molar refractivity (Wildman–Crippen MR) is 246 cm³/mol. The summed E-state index contributed by atoms with van der Waals surface area (Å²) in [6.07, 6.45) is 0. The zero-order valence-electron chi connectivity index (χ0n) is 31.2. The summed E-state index contributed by atoms with van der Waals surface area (Å²) >= 11 is 1.87. The fourth-order valence-corrected chi connectivity index (χ4v) is 10.5. The fourth-order valence-electron chi connectivity index (χ4n) is 9.42. The van der Waals surface area contributed by atoms with Crippen LogP contribution in [-0.2, 0) is 0 Å². The van der Waals surface area contributed by atoms with Gasteiger partial charge in [-0.25, -0.2) is 0 Å². The van der Waals surface area contributed by atoms with Crippen molar-refractivity contribution in [2.45, 2.75) is 0 Å². The number of thiophene rings is 1. The number of aromatic nitrogens is 2. The lowest BCUT2D eigenvalue weighted by Crippen LogP contribution is -1.94. The molecule has 0 radical (unpaired) electrons. The van der Waals surface area contributed by atoms with Gasteiger partial charge < -0.3 is 13.6 Å². The van der Waals surface area contributed by atoms with Gasteiger partial charge in [0.15, 0.2) is 0 Å². The number of rotatable bonds is 4. The first kappa shape index (κ1) is 31.8. The van der Waals surface area contributed by atoms with Crippen LogP contribution in [0.5, 0.6) is 0 Å². The average Bonchev–Trinajstić information content (AvgIpc) is 4.03. The molecule has 4 heteroatoms. The van der Waals surface area contributed by atoms with Crippen LogP contribution in [-0.4, -0.2) is 9.13 Å². The molecule has 4 heterocycles. The van der Waals surface area contributed by atoms with Gasteiger partial charge in [-0.2, -0.15) is 0 Å². The maximum atomic E-state index is 6.09. The Morgan fingerprint density at radius 2 is 0.724 bits per heavy atom. The topological polar surface area (TPSA) is 23.0 Å². The van der Waals surface area contributed by atoms with E-state index in [9.17, 15) is 0 Å². The third-order valence-electron chi connectivity index (χ3n) is 12.1. The van der Waals surface area contributed by atoms with E-state index in [4.69, 9.17) is 4.42 Å². The van der Waals surface area contributed by atoms with Crippen molar-refractivity contribution in [1.82, 2.24) is 9.13 Å². The molecule has 13 rings (SSSR count). The van der Waals surface area contributed by atoms with Crippen molar-refractivity contribution in [2.24, 2.45) is 0 Å². The van der Waals surface area contributed by atoms with Crippen molar-refractivity contribution < 1.29 is 4.42 Å². The standard InChI is InChI=1S/C54H32N2OS/c1-5-13-47-39(9-1)40-10-2-6-14-48(40)55(47)37-23-27-53-45(31-37)46-32-38(24-28-54(46)58-53)56-49-15-7-3-11-41(49)43-29-35(21-25-50(43)56)33-17-19-34(20-18-33)36-22-26-52-44(30-36)42-12-4-8-16-51(42)57-52/h1-32H. The summed E-state index contributed by atoms with van der Waals surface area (Å²) in [6, 6.07) is 70.9. The highest BCUT2D eigenvalue weighted by atomic mass is 32.1. The fraction of sp³-hybridized carbons (Fsp3) is 0. The number of para-hydroxylation sites is 4. The molecule has 0 saturated carbocycles. The van der Waals surface area contributed by atoms with Crippen LogP contribution in [0.2, 0.25) is 0 Å². The first-order valence-corrected chi connectivity index (χ1v) is 20.6. The SMILES string of the molecule is c1ccc2c(c1)oc1ccc(-c3ccc(-c4ccc5c(c4)c4ccccc4n5-c4ccc5sc6ccc(-n7c8ccccc8c8ccccc87)cc6c5c4)cc3)cc12. The summed E-state index contributed by atoms with van der Waals surface area (Å²) in [4.78, 5) is 0. The van der Waals surface area contributed by atoms with Gasteiger partial charge in [0.25, 0.3) is 0 Å². The van der Waals surface area contributed by atoms with Gasteiger partial charge in [-0.15, -0.1) is 11.3 Å². The third-order valence-corrected chi connectivity index (χ3v) is 13.3. The lowest BCUT2D eigenvalue weighted by atomic mass is 9.98. The predicted octanol–water partition coefficient (Wildman–Crippen LogP) is 15.5. The second-order valence-electron chi connectivity index (χ2n) is 15.3. The van der Waals surface area contributed by atoms with Crippen molar-refractivity contribution in [3.8, 4) is 33.6 Å². The summed E-state index contributed by atoms with van der Waals surface area (Å²) in [5, 5.41) is 9.91. The Labute approximate surface area is 336 Å². The molecule has 0 fully saturated rings. The van der Waals surface area contributed by atoms with E-state index in [-0.39, 0.29) is 0 Å². The van der Waals surface area contributed by atoms with Crippen LogP contribution >= 0.6 is 11.3 Å². The molecule has 0 unspecified atom stereocenters. The number of hydrogen-bond acceptors (Lipinski definition) is 2. The molecule has 0 atom stereocenters. The molecule has 270 valence electrons. The maximum absolute atomic E-state index is 6.09. The maximum Gasteiger partial charge on any atom is 0.135 e. The molecule has 0 amide bonds. The summed E-state index contributed by atoms with van der Waals surface area (Å²) in [6.45, 7) is 0. The summed E-state index contributed by atoms with van der Waals surface area (Å²) < 4.78 is 13.5. The zero-order valence-corrected chi connectivity index (χ0v) is 32.0. The van der Waals surface area contributed by atoms with E-state index in [1.807, 2.05) is 23.5 Å². The Bertz CT molecular complexity index is 3750. The minimum Gasteiger partial charge on any atom is -0.456 e. The van der Waals surface area contributed by atoms with Gasteiger partial charge in [-0.3, -0.25) is 0 Å². The number of nitrogens with zero attached hydrogens (tertiary/aromatic N) is 2. The smallest absolute Gasteiger partial charge is 0.135 e. The Kier molecular flexibility index (Phi) is 6.60. The Morgan fingerprint density at radius 1 is 0.293 bits per heavy atom. The molecule has 0 saturated heterocycles. The van der Waals surface area contributed by atoms with Gasteiger partial charge in [-0.1, -0.05) is 109 Å². The van der Waals surface area contributed by atoms with E-state index in [2.05, 4.69) is 191 Å². The number of furan rings is 1. The zero-order chi connectivity index (χ0) is 37.9. The molecule has 0 aliphatic heterocycles. The van der Waals surface area contributed by atoms with E-state index < -0.39 is 0 Å². The molecule has 9 aromatic carbocycles. The number of fused-ring (bicyclic) bond motifs is 12. The molecule has 0 aliphatic rings. The summed E-state index contributed by atoms with van der Waals surface area (Å²) in [5.74, 6) is 0. The van der Waals surface area contributed by atoms with Crippen molar-refractivity contribution in [3.05, 3.63) is 194 Å². The molecule has 0 bridgehead atoms. The van der Waals surface area contributed by atoms with Crippen molar-refractivity contribution >= 4 is 97.1 Å². The van der Waals surface area contributed by atoms with Gasteiger partial charge in [0.2, 0.25) is 0 Å². The molecule has 0 spiro atoms. The first-order valence-electron chi connectivity index (χ1n) is 19.7. The van der Waals surface area contributed by atoms with Gasteiger partial charge in [0, 0.05) is 63.9 Å². The van der Waals surface area contributed by atoms with E-state index >= 15 is 0 Å². The van der Waals surface area contributed by atoms with Crippen LogP contribution in [0.3, 0.4) is 0 Å². The van der Waals surface area contributed by atoms with Gasteiger partial charge in [-0.05, 0) is 107 Å². The second kappa shape index (κ2) is 12.1. The number of hydrogen-bond donors (Lipinski definition) is 0. The van der Waals surface area contributed by atoms with Gasteiger partial charge in [0.05, 0.1) is 22.1 Å². The lowest BCUT2D eigenvalue weighted by molar-refractivity contribution is 0.669. The molecule has 3 nitrogen and oxygen atoms in total. The van der Waals surface area contributed by atoms with Gasteiger partial charge in [0.1, 0.15) is 11.2 Å². The molecule has 0 N–H and O–H groups in total. The minimum absolute atomic E-state index is 0.919. The molecule has 4 aromatic heterocycles. The van der Waals surface area contributed by atoms with Crippen LogP contribution in [0.1, 0.15) is 0 Å². The van der Waals surface area contributed by atoms with Crippen LogP contribution in [0.25, 0.3) is 119 Å². The summed E-state index contributed by atoms with van der Waals surface area (Å²) in [5.41, 5.74) is 13.8. The molecular weight excluding hydrogens is 725 g/mol. The quantitative estimate of drug-likeness (QED) is 0.175. The monoisotopic (exact) mass is 756 g/mol. The van der Waals surface area contributed by atoms with E-state index in [0.717, 1.165) is 21.9 Å². The van der Waals surface area contributed by atoms with Crippen molar-refractivity contribution in [1.29, 1.82) is 0 Å². The third kappa shape index (κ3) is 4.61. The average molecular weight is 757 g/mol. The van der Waals surface area contributed by atoms with E-state index in [0.29, 0.717) is 0 Å². The minimum atomic E-state index is 0.919.